The number of nitrogens with one attached hydrogen (secondary N) is 1. The van der Waals surface area contributed by atoms with Gasteiger partial charge in [0.25, 0.3) is 5.91 Å². The van der Waals surface area contributed by atoms with E-state index in [1.165, 1.54) is 30.3 Å². The number of ether oxygens (including phenoxy) is 1. The molecular weight excluding hydrogens is 287 g/mol. The molecule has 0 radical (unpaired) electrons. The molecule has 0 spiro atoms. The number of hydrogen-bond donors (Lipinski definition) is 1. The number of carbonyl (C=O) groups is 2. The highest BCUT2D eigenvalue weighted by Crippen LogP contribution is 2.14. The first-order valence-corrected chi connectivity index (χ1v) is 7.19. The molecule has 1 aliphatic rings. The molecule has 5 nitrogen and oxygen atoms in total. The van der Waals surface area contributed by atoms with Crippen molar-refractivity contribution < 1.29 is 18.7 Å². The SMILES string of the molecule is C=CCOC(=O)NC1CCN(C(=O)c2ccc(F)cc2)CC1. The van der Waals surface area contributed by atoms with Crippen LogP contribution in [0.1, 0.15) is 23.2 Å². The summed E-state index contributed by atoms with van der Waals surface area (Å²) in [4.78, 5) is 25.4. The Bertz CT molecular complexity index is 537. The van der Waals surface area contributed by atoms with Crippen LogP contribution in [-0.2, 0) is 4.74 Å². The van der Waals surface area contributed by atoms with Gasteiger partial charge in [-0.15, -0.1) is 0 Å². The number of likely N-dealkylation sites (tertiary alicyclic amines) is 1. The Kier molecular flexibility index (Phi) is 5.52. The fourth-order valence-corrected chi connectivity index (χ4v) is 2.34. The van der Waals surface area contributed by atoms with Crippen molar-refractivity contribution in [1.82, 2.24) is 10.2 Å². The zero-order valence-corrected chi connectivity index (χ0v) is 12.3. The Labute approximate surface area is 128 Å². The summed E-state index contributed by atoms with van der Waals surface area (Å²) in [7, 11) is 0. The number of benzene rings is 1. The lowest BCUT2D eigenvalue weighted by Gasteiger charge is -2.32. The van der Waals surface area contributed by atoms with Crippen LogP contribution < -0.4 is 5.32 Å². The van der Waals surface area contributed by atoms with Gasteiger partial charge in [-0.1, -0.05) is 12.7 Å². The van der Waals surface area contributed by atoms with E-state index in [0.29, 0.717) is 31.5 Å². The third-order valence-corrected chi connectivity index (χ3v) is 3.53. The molecule has 1 aromatic carbocycles. The van der Waals surface area contributed by atoms with Crippen LogP contribution in [-0.4, -0.2) is 42.6 Å². The van der Waals surface area contributed by atoms with Gasteiger partial charge in [0.1, 0.15) is 12.4 Å². The minimum absolute atomic E-state index is 0.00502. The molecule has 6 heteroatoms. The number of piperidine rings is 1. The standard InChI is InChI=1S/C16H19FN2O3/c1-2-11-22-16(21)18-14-7-9-19(10-8-14)15(20)12-3-5-13(17)6-4-12/h2-6,14H,1,7-11H2,(H,18,21). The maximum atomic E-state index is 12.9. The molecule has 1 saturated heterocycles. The number of amides is 2. The summed E-state index contributed by atoms with van der Waals surface area (Å²) >= 11 is 0. The second kappa shape index (κ2) is 7.59. The summed E-state index contributed by atoms with van der Waals surface area (Å²) < 4.78 is 17.7. The lowest BCUT2D eigenvalue weighted by molar-refractivity contribution is 0.0703. The van der Waals surface area contributed by atoms with E-state index < -0.39 is 6.09 Å². The predicted octanol–water partition coefficient (Wildman–Crippen LogP) is 2.34. The highest BCUT2D eigenvalue weighted by atomic mass is 19.1. The Morgan fingerprint density at radius 3 is 2.55 bits per heavy atom. The summed E-state index contributed by atoms with van der Waals surface area (Å²) in [5.74, 6) is -0.481. The summed E-state index contributed by atoms with van der Waals surface area (Å²) in [5.41, 5.74) is 0.471. The molecule has 2 rings (SSSR count). The van der Waals surface area contributed by atoms with Crippen molar-refractivity contribution >= 4 is 12.0 Å². The van der Waals surface area contributed by atoms with Crippen LogP contribution in [0.3, 0.4) is 0 Å². The normalized spacial score (nSPS) is 15.2. The first-order chi connectivity index (χ1) is 10.6. The third kappa shape index (κ3) is 4.31. The fourth-order valence-electron chi connectivity index (χ4n) is 2.34. The van der Waals surface area contributed by atoms with Crippen LogP contribution >= 0.6 is 0 Å². The highest BCUT2D eigenvalue weighted by molar-refractivity contribution is 5.94. The van der Waals surface area contributed by atoms with Gasteiger partial charge in [-0.3, -0.25) is 4.79 Å². The minimum atomic E-state index is -0.469. The quantitative estimate of drug-likeness (QED) is 0.869. The average Bonchev–Trinajstić information content (AvgIpc) is 2.54. The smallest absolute Gasteiger partial charge is 0.407 e. The summed E-state index contributed by atoms with van der Waals surface area (Å²) in [6.45, 7) is 4.73. The van der Waals surface area contributed by atoms with E-state index in [-0.39, 0.29) is 24.4 Å². The summed E-state index contributed by atoms with van der Waals surface area (Å²) in [5, 5.41) is 2.76. The first-order valence-electron chi connectivity index (χ1n) is 7.19. The van der Waals surface area contributed by atoms with E-state index in [2.05, 4.69) is 11.9 Å². The molecule has 0 saturated carbocycles. The monoisotopic (exact) mass is 306 g/mol. The average molecular weight is 306 g/mol. The summed E-state index contributed by atoms with van der Waals surface area (Å²) in [6.07, 6.45) is 2.36. The van der Waals surface area contributed by atoms with E-state index in [4.69, 9.17) is 4.74 Å². The highest BCUT2D eigenvalue weighted by Gasteiger charge is 2.24. The van der Waals surface area contributed by atoms with Crippen molar-refractivity contribution in [2.24, 2.45) is 0 Å². The van der Waals surface area contributed by atoms with Crippen molar-refractivity contribution in [3.63, 3.8) is 0 Å². The Balaban J connectivity index is 1.81. The molecule has 118 valence electrons. The van der Waals surface area contributed by atoms with Gasteiger partial charge >= 0.3 is 6.09 Å². The topological polar surface area (TPSA) is 58.6 Å². The second-order valence-corrected chi connectivity index (χ2v) is 5.10. The number of rotatable bonds is 4. The van der Waals surface area contributed by atoms with Gasteiger partial charge in [0.05, 0.1) is 0 Å². The molecule has 2 amide bonds. The van der Waals surface area contributed by atoms with Crippen molar-refractivity contribution in [3.05, 3.63) is 48.3 Å². The second-order valence-electron chi connectivity index (χ2n) is 5.10. The van der Waals surface area contributed by atoms with Crippen LogP contribution in [0.25, 0.3) is 0 Å². The van der Waals surface area contributed by atoms with Gasteiger partial charge in [0, 0.05) is 24.7 Å². The van der Waals surface area contributed by atoms with Crippen molar-refractivity contribution in [2.45, 2.75) is 18.9 Å². The zero-order valence-electron chi connectivity index (χ0n) is 12.3. The number of halogens is 1. The van der Waals surface area contributed by atoms with Crippen molar-refractivity contribution in [1.29, 1.82) is 0 Å². The number of alkyl carbamates (subject to hydrolysis) is 1. The zero-order chi connectivity index (χ0) is 15.9. The maximum Gasteiger partial charge on any atom is 0.407 e. The molecule has 22 heavy (non-hydrogen) atoms. The van der Waals surface area contributed by atoms with E-state index >= 15 is 0 Å². The van der Waals surface area contributed by atoms with Gasteiger partial charge in [0.2, 0.25) is 0 Å². The van der Waals surface area contributed by atoms with Crippen LogP contribution in [0.4, 0.5) is 9.18 Å². The van der Waals surface area contributed by atoms with E-state index in [1.54, 1.807) is 4.90 Å². The van der Waals surface area contributed by atoms with Crippen molar-refractivity contribution in [3.8, 4) is 0 Å². The number of carbonyl (C=O) groups excluding carboxylic acids is 2. The molecule has 1 aliphatic heterocycles. The molecular formula is C16H19FN2O3. The molecule has 1 fully saturated rings. The molecule has 0 aliphatic carbocycles. The van der Waals surface area contributed by atoms with Gasteiger partial charge in [-0.25, -0.2) is 9.18 Å². The molecule has 0 aromatic heterocycles. The predicted molar refractivity (Wildman–Crippen MR) is 80.0 cm³/mol. The lowest BCUT2D eigenvalue weighted by atomic mass is 10.0. The Morgan fingerprint density at radius 1 is 1.32 bits per heavy atom. The van der Waals surface area contributed by atoms with Crippen LogP contribution in [0.5, 0.6) is 0 Å². The first kappa shape index (κ1) is 16.0. The van der Waals surface area contributed by atoms with Crippen molar-refractivity contribution in [2.75, 3.05) is 19.7 Å². The number of hydrogen-bond acceptors (Lipinski definition) is 3. The van der Waals surface area contributed by atoms with Gasteiger partial charge in [-0.05, 0) is 37.1 Å². The number of nitrogens with zero attached hydrogens (tertiary/aromatic N) is 1. The molecule has 1 N–H and O–H groups in total. The maximum absolute atomic E-state index is 12.9. The van der Waals surface area contributed by atoms with Gasteiger partial charge in [0.15, 0.2) is 0 Å². The molecule has 0 bridgehead atoms. The Morgan fingerprint density at radius 2 is 1.95 bits per heavy atom. The molecule has 1 heterocycles. The third-order valence-electron chi connectivity index (χ3n) is 3.53. The summed E-state index contributed by atoms with van der Waals surface area (Å²) in [6, 6.07) is 5.51. The van der Waals surface area contributed by atoms with Gasteiger partial charge < -0.3 is 15.0 Å². The van der Waals surface area contributed by atoms with E-state index in [0.717, 1.165) is 0 Å². The van der Waals surface area contributed by atoms with Crippen LogP contribution in [0.2, 0.25) is 0 Å². The largest absolute Gasteiger partial charge is 0.445 e. The van der Waals surface area contributed by atoms with Crippen LogP contribution in [0.15, 0.2) is 36.9 Å². The lowest BCUT2D eigenvalue weighted by Crippen LogP contribution is -2.46. The van der Waals surface area contributed by atoms with Crippen LogP contribution in [0, 0.1) is 5.82 Å². The molecule has 0 unspecified atom stereocenters. The van der Waals surface area contributed by atoms with Gasteiger partial charge in [-0.2, -0.15) is 0 Å². The van der Waals surface area contributed by atoms with E-state index in [9.17, 15) is 14.0 Å². The van der Waals surface area contributed by atoms with E-state index in [1.807, 2.05) is 0 Å². The molecule has 1 aromatic rings. The molecule has 0 atom stereocenters. The Hall–Kier alpha value is -2.37. The fraction of sp³-hybridized carbons (Fsp3) is 0.375. The minimum Gasteiger partial charge on any atom is -0.445 e.